The molecule has 0 aromatic heterocycles. The molecule has 0 heterocycles. The van der Waals surface area contributed by atoms with Gasteiger partial charge in [-0.15, -0.1) is 0 Å². The number of carbonyl (C=O) groups is 3. The zero-order valence-electron chi connectivity index (χ0n) is 15.7. The third-order valence-corrected chi connectivity index (χ3v) is 4.01. The van der Waals surface area contributed by atoms with Crippen LogP contribution in [0.15, 0.2) is 48.5 Å². The smallest absolute Gasteiger partial charge is 0.306 e. The molecule has 28 heavy (non-hydrogen) atoms. The Morgan fingerprint density at radius 3 is 2.50 bits per heavy atom. The van der Waals surface area contributed by atoms with Gasteiger partial charge < -0.3 is 10.1 Å². The number of hydrogen-bond acceptors (Lipinski definition) is 5. The van der Waals surface area contributed by atoms with Gasteiger partial charge in [0.05, 0.1) is 18.1 Å². The Hall–Kier alpha value is -3.46. The van der Waals surface area contributed by atoms with Gasteiger partial charge in [-0.05, 0) is 30.2 Å². The molecule has 2 rings (SSSR count). The first-order chi connectivity index (χ1) is 13.5. The average Bonchev–Trinajstić information content (AvgIpc) is 2.71. The summed E-state index contributed by atoms with van der Waals surface area (Å²) < 4.78 is 4.90. The van der Waals surface area contributed by atoms with Crippen molar-refractivity contribution in [3.05, 3.63) is 65.2 Å². The maximum absolute atomic E-state index is 12.1. The van der Waals surface area contributed by atoms with Crippen molar-refractivity contribution in [3.8, 4) is 6.07 Å². The summed E-state index contributed by atoms with van der Waals surface area (Å²) in [5, 5.41) is 11.4. The van der Waals surface area contributed by atoms with Crippen molar-refractivity contribution in [1.29, 1.82) is 5.26 Å². The van der Waals surface area contributed by atoms with E-state index in [1.165, 1.54) is 11.6 Å². The molecule has 6 heteroatoms. The SMILES string of the molecule is CCCc1ccc(C(=O)CCC(=O)OCC(=O)Nc2cccc(C#N)c2)cc1. The van der Waals surface area contributed by atoms with E-state index in [4.69, 9.17) is 10.00 Å². The summed E-state index contributed by atoms with van der Waals surface area (Å²) in [7, 11) is 0. The van der Waals surface area contributed by atoms with Gasteiger partial charge in [-0.1, -0.05) is 43.7 Å². The van der Waals surface area contributed by atoms with Crippen molar-refractivity contribution in [2.45, 2.75) is 32.6 Å². The number of anilines is 1. The summed E-state index contributed by atoms with van der Waals surface area (Å²) in [6.07, 6.45) is 1.94. The lowest BCUT2D eigenvalue weighted by atomic mass is 10.0. The molecule has 1 amide bonds. The molecule has 6 nitrogen and oxygen atoms in total. The number of aryl methyl sites for hydroxylation is 1. The molecule has 0 atom stereocenters. The second-order valence-electron chi connectivity index (χ2n) is 6.27. The van der Waals surface area contributed by atoms with E-state index in [9.17, 15) is 14.4 Å². The summed E-state index contributed by atoms with van der Waals surface area (Å²) >= 11 is 0. The number of Topliss-reactive ketones (excluding diaryl/α,β-unsaturated/α-hetero) is 1. The Bertz CT molecular complexity index is 882. The molecule has 0 fully saturated rings. The molecule has 0 bridgehead atoms. The number of carbonyl (C=O) groups excluding carboxylic acids is 3. The lowest BCUT2D eigenvalue weighted by molar-refractivity contribution is -0.147. The van der Waals surface area contributed by atoms with Gasteiger partial charge in [-0.2, -0.15) is 5.26 Å². The maximum atomic E-state index is 12.1. The van der Waals surface area contributed by atoms with Crippen LogP contribution >= 0.6 is 0 Å². The van der Waals surface area contributed by atoms with Crippen LogP contribution in [0.5, 0.6) is 0 Å². The van der Waals surface area contributed by atoms with Crippen molar-refractivity contribution < 1.29 is 19.1 Å². The normalized spacial score (nSPS) is 10.0. The summed E-state index contributed by atoms with van der Waals surface area (Å²) in [4.78, 5) is 35.7. The fourth-order valence-electron chi connectivity index (χ4n) is 2.59. The number of ether oxygens (including phenoxy) is 1. The van der Waals surface area contributed by atoms with E-state index in [0.717, 1.165) is 12.8 Å². The number of esters is 1. The van der Waals surface area contributed by atoms with Gasteiger partial charge in [-0.3, -0.25) is 14.4 Å². The van der Waals surface area contributed by atoms with Gasteiger partial charge in [-0.25, -0.2) is 0 Å². The van der Waals surface area contributed by atoms with E-state index in [1.54, 1.807) is 30.3 Å². The molecule has 0 saturated heterocycles. The lowest BCUT2D eigenvalue weighted by Crippen LogP contribution is -2.21. The number of amides is 1. The Balaban J connectivity index is 1.73. The Kier molecular flexibility index (Phi) is 7.92. The van der Waals surface area contributed by atoms with E-state index in [0.29, 0.717) is 16.8 Å². The molecule has 2 aromatic carbocycles. The van der Waals surface area contributed by atoms with Crippen LogP contribution in [-0.4, -0.2) is 24.3 Å². The molecule has 0 spiro atoms. The first-order valence-corrected chi connectivity index (χ1v) is 9.09. The topological polar surface area (TPSA) is 96.3 Å². The van der Waals surface area contributed by atoms with Crippen LogP contribution in [-0.2, 0) is 20.7 Å². The Labute approximate surface area is 164 Å². The average molecular weight is 378 g/mol. The van der Waals surface area contributed by atoms with E-state index >= 15 is 0 Å². The monoisotopic (exact) mass is 378 g/mol. The molecule has 0 unspecified atom stereocenters. The molecule has 144 valence electrons. The van der Waals surface area contributed by atoms with Crippen molar-refractivity contribution in [2.24, 2.45) is 0 Å². The van der Waals surface area contributed by atoms with Gasteiger partial charge >= 0.3 is 5.97 Å². The van der Waals surface area contributed by atoms with Crippen molar-refractivity contribution in [2.75, 3.05) is 11.9 Å². The van der Waals surface area contributed by atoms with E-state index in [-0.39, 0.29) is 18.6 Å². The summed E-state index contributed by atoms with van der Waals surface area (Å²) in [5.74, 6) is -1.27. The predicted octanol–water partition coefficient (Wildman–Crippen LogP) is 3.66. The van der Waals surface area contributed by atoms with Crippen LogP contribution in [0, 0.1) is 11.3 Å². The van der Waals surface area contributed by atoms with Gasteiger partial charge in [0, 0.05) is 17.7 Å². The zero-order valence-corrected chi connectivity index (χ0v) is 15.7. The zero-order chi connectivity index (χ0) is 20.4. The first kappa shape index (κ1) is 20.8. The molecule has 2 aromatic rings. The molecule has 0 radical (unpaired) electrons. The second-order valence-corrected chi connectivity index (χ2v) is 6.27. The molecule has 0 aliphatic rings. The number of nitrogens with zero attached hydrogens (tertiary/aromatic N) is 1. The number of ketones is 1. The minimum atomic E-state index is -0.614. The van der Waals surface area contributed by atoms with E-state index in [1.807, 2.05) is 18.2 Å². The molecular formula is C22H22N2O4. The first-order valence-electron chi connectivity index (χ1n) is 9.09. The summed E-state index contributed by atoms with van der Waals surface area (Å²) in [5.41, 5.74) is 2.59. The van der Waals surface area contributed by atoms with Crippen LogP contribution < -0.4 is 5.32 Å². The Morgan fingerprint density at radius 1 is 1.07 bits per heavy atom. The Morgan fingerprint density at radius 2 is 1.82 bits per heavy atom. The quantitative estimate of drug-likeness (QED) is 0.531. The standard InChI is InChI=1S/C22H22N2O4/c1-2-4-16-7-9-18(10-8-16)20(25)11-12-22(27)28-15-21(26)24-19-6-3-5-17(13-19)14-23/h3,5-10,13H,2,4,11-12,15H2,1H3,(H,24,26). The van der Waals surface area contributed by atoms with Gasteiger partial charge in [0.25, 0.3) is 5.91 Å². The molecule has 0 aliphatic heterocycles. The van der Waals surface area contributed by atoms with Crippen molar-refractivity contribution in [3.63, 3.8) is 0 Å². The van der Waals surface area contributed by atoms with Gasteiger partial charge in [0.15, 0.2) is 12.4 Å². The molecule has 1 N–H and O–H groups in total. The third-order valence-electron chi connectivity index (χ3n) is 4.01. The largest absolute Gasteiger partial charge is 0.456 e. The highest BCUT2D eigenvalue weighted by Crippen LogP contribution is 2.11. The minimum absolute atomic E-state index is 0.0256. The van der Waals surface area contributed by atoms with E-state index < -0.39 is 18.5 Å². The number of nitriles is 1. The third kappa shape index (κ3) is 6.69. The minimum Gasteiger partial charge on any atom is -0.456 e. The number of hydrogen-bond donors (Lipinski definition) is 1. The van der Waals surface area contributed by atoms with Crippen LogP contribution in [0.2, 0.25) is 0 Å². The summed E-state index contributed by atoms with van der Waals surface area (Å²) in [6, 6.07) is 15.7. The van der Waals surface area contributed by atoms with Crippen LogP contribution in [0.4, 0.5) is 5.69 Å². The lowest BCUT2D eigenvalue weighted by Gasteiger charge is -2.07. The van der Waals surface area contributed by atoms with Gasteiger partial charge in [0.1, 0.15) is 0 Å². The predicted molar refractivity (Wildman–Crippen MR) is 105 cm³/mol. The van der Waals surface area contributed by atoms with Crippen LogP contribution in [0.1, 0.15) is 47.7 Å². The molecule has 0 aliphatic carbocycles. The fourth-order valence-corrected chi connectivity index (χ4v) is 2.59. The second kappa shape index (κ2) is 10.6. The molecule has 0 saturated carbocycles. The fraction of sp³-hybridized carbons (Fsp3) is 0.273. The number of nitrogens with one attached hydrogen (secondary N) is 1. The van der Waals surface area contributed by atoms with Crippen LogP contribution in [0.3, 0.4) is 0 Å². The van der Waals surface area contributed by atoms with Gasteiger partial charge in [0.2, 0.25) is 0 Å². The number of benzene rings is 2. The highest BCUT2D eigenvalue weighted by atomic mass is 16.5. The van der Waals surface area contributed by atoms with E-state index in [2.05, 4.69) is 12.2 Å². The highest BCUT2D eigenvalue weighted by Gasteiger charge is 2.12. The van der Waals surface area contributed by atoms with Crippen molar-refractivity contribution >= 4 is 23.3 Å². The van der Waals surface area contributed by atoms with Crippen LogP contribution in [0.25, 0.3) is 0 Å². The highest BCUT2D eigenvalue weighted by molar-refractivity contribution is 5.98. The summed E-state index contributed by atoms with van der Waals surface area (Å²) in [6.45, 7) is 1.64. The number of rotatable bonds is 9. The van der Waals surface area contributed by atoms with Crippen molar-refractivity contribution in [1.82, 2.24) is 0 Å². The maximum Gasteiger partial charge on any atom is 0.306 e. The molecular weight excluding hydrogens is 356 g/mol.